The summed E-state index contributed by atoms with van der Waals surface area (Å²) in [6, 6.07) is 4.20. The van der Waals surface area contributed by atoms with Crippen LogP contribution in [-0.4, -0.2) is 11.2 Å². The maximum atomic E-state index is 11.8. The lowest BCUT2D eigenvalue weighted by Gasteiger charge is -2.12. The first-order valence-electron chi connectivity index (χ1n) is 5.98. The van der Waals surface area contributed by atoms with Crippen LogP contribution >= 0.6 is 15.9 Å². The molecule has 0 radical (unpaired) electrons. The Bertz CT molecular complexity index is 378. The molecule has 0 bridgehead atoms. The zero-order valence-corrected chi connectivity index (χ0v) is 12.4. The van der Waals surface area contributed by atoms with E-state index >= 15 is 0 Å². The number of nitrogens with one attached hydrogen (secondary N) is 1. The molecule has 1 aromatic rings. The van der Waals surface area contributed by atoms with Gasteiger partial charge in [0, 0.05) is 17.4 Å². The molecule has 0 aromatic heterocycles. The Kier molecular flexibility index (Phi) is 5.69. The molecule has 1 aromatic carbocycles. The number of carbonyl (C=O) groups is 1. The molecule has 94 valence electrons. The van der Waals surface area contributed by atoms with E-state index in [-0.39, 0.29) is 5.91 Å². The van der Waals surface area contributed by atoms with Gasteiger partial charge >= 0.3 is 0 Å². The molecule has 3 heteroatoms. The number of anilines is 1. The fourth-order valence-electron chi connectivity index (χ4n) is 1.96. The molecule has 0 aliphatic heterocycles. The molecule has 1 amide bonds. The monoisotopic (exact) mass is 297 g/mol. The highest BCUT2D eigenvalue weighted by Gasteiger charge is 2.07. The van der Waals surface area contributed by atoms with Crippen molar-refractivity contribution >= 4 is 27.5 Å². The molecule has 0 aliphatic carbocycles. The molecule has 17 heavy (non-hydrogen) atoms. The summed E-state index contributed by atoms with van der Waals surface area (Å²) < 4.78 is 0. The summed E-state index contributed by atoms with van der Waals surface area (Å²) in [5, 5.41) is 3.97. The fraction of sp³-hybridized carbons (Fsp3) is 0.500. The Morgan fingerprint density at radius 1 is 1.18 bits per heavy atom. The number of carbonyl (C=O) groups excluding carboxylic acids is 1. The van der Waals surface area contributed by atoms with Gasteiger partial charge in [0.25, 0.3) is 0 Å². The van der Waals surface area contributed by atoms with Gasteiger partial charge in [-0.05, 0) is 44.7 Å². The Morgan fingerprint density at radius 3 is 2.29 bits per heavy atom. The number of unbranched alkanes of at least 4 members (excludes halogenated alkanes) is 1. The number of halogens is 1. The van der Waals surface area contributed by atoms with E-state index in [4.69, 9.17) is 0 Å². The van der Waals surface area contributed by atoms with Crippen molar-refractivity contribution in [2.24, 2.45) is 0 Å². The normalized spacial score (nSPS) is 10.4. The average Bonchev–Trinajstić information content (AvgIpc) is 2.24. The van der Waals surface area contributed by atoms with Gasteiger partial charge in [0.15, 0.2) is 0 Å². The SMILES string of the molecule is Cc1cc(C)c(NC(=O)CCCCBr)c(C)c1. The maximum Gasteiger partial charge on any atom is 0.224 e. The van der Waals surface area contributed by atoms with Gasteiger partial charge in [-0.25, -0.2) is 0 Å². The molecule has 0 saturated heterocycles. The molecule has 0 aliphatic rings. The van der Waals surface area contributed by atoms with Crippen molar-refractivity contribution in [1.29, 1.82) is 0 Å². The number of aryl methyl sites for hydroxylation is 3. The molecule has 0 saturated carbocycles. The zero-order chi connectivity index (χ0) is 12.8. The van der Waals surface area contributed by atoms with Gasteiger partial charge in [0.2, 0.25) is 5.91 Å². The highest BCUT2D eigenvalue weighted by Crippen LogP contribution is 2.22. The Hall–Kier alpha value is -0.830. The molecular weight excluding hydrogens is 278 g/mol. The van der Waals surface area contributed by atoms with Gasteiger partial charge in [-0.15, -0.1) is 0 Å². The van der Waals surface area contributed by atoms with E-state index in [1.54, 1.807) is 0 Å². The van der Waals surface area contributed by atoms with Crippen LogP contribution in [0.4, 0.5) is 5.69 Å². The largest absolute Gasteiger partial charge is 0.326 e. The third kappa shape index (κ3) is 4.50. The second-order valence-corrected chi connectivity index (χ2v) is 5.26. The summed E-state index contributed by atoms with van der Waals surface area (Å²) >= 11 is 3.37. The Labute approximate surface area is 112 Å². The Balaban J connectivity index is 2.65. The summed E-state index contributed by atoms with van der Waals surface area (Å²) in [4.78, 5) is 11.8. The smallest absolute Gasteiger partial charge is 0.224 e. The zero-order valence-electron chi connectivity index (χ0n) is 10.8. The predicted molar refractivity (Wildman–Crippen MR) is 76.9 cm³/mol. The molecular formula is C14H20BrNO. The molecule has 0 spiro atoms. The topological polar surface area (TPSA) is 29.1 Å². The summed E-state index contributed by atoms with van der Waals surface area (Å²) in [5.41, 5.74) is 4.48. The molecule has 1 N–H and O–H groups in total. The molecule has 0 atom stereocenters. The van der Waals surface area contributed by atoms with E-state index < -0.39 is 0 Å². The van der Waals surface area contributed by atoms with Crippen LogP contribution in [0.5, 0.6) is 0 Å². The minimum absolute atomic E-state index is 0.112. The maximum absolute atomic E-state index is 11.8. The number of alkyl halides is 1. The van der Waals surface area contributed by atoms with Crippen molar-refractivity contribution in [3.05, 3.63) is 28.8 Å². The minimum Gasteiger partial charge on any atom is -0.326 e. The Morgan fingerprint density at radius 2 is 1.76 bits per heavy atom. The van der Waals surface area contributed by atoms with E-state index in [0.717, 1.165) is 35.0 Å². The van der Waals surface area contributed by atoms with E-state index in [0.29, 0.717) is 6.42 Å². The van der Waals surface area contributed by atoms with Crippen LogP contribution in [-0.2, 0) is 4.79 Å². The van der Waals surface area contributed by atoms with Crippen LogP contribution in [0.1, 0.15) is 36.0 Å². The first-order chi connectivity index (χ1) is 8.04. The number of hydrogen-bond acceptors (Lipinski definition) is 1. The van der Waals surface area contributed by atoms with Crippen LogP contribution in [0.2, 0.25) is 0 Å². The van der Waals surface area contributed by atoms with Crippen LogP contribution in [0.15, 0.2) is 12.1 Å². The standard InChI is InChI=1S/C14H20BrNO/c1-10-8-11(2)14(12(3)9-10)16-13(17)6-4-5-7-15/h8-9H,4-7H2,1-3H3,(H,16,17). The van der Waals surface area contributed by atoms with Gasteiger partial charge in [0.1, 0.15) is 0 Å². The minimum atomic E-state index is 0.112. The lowest BCUT2D eigenvalue weighted by atomic mass is 10.0. The predicted octanol–water partition coefficient (Wildman–Crippen LogP) is 4.12. The molecule has 0 heterocycles. The first kappa shape index (κ1) is 14.2. The molecule has 1 rings (SSSR count). The third-order valence-corrected chi connectivity index (χ3v) is 3.29. The lowest BCUT2D eigenvalue weighted by Crippen LogP contribution is -2.13. The van der Waals surface area contributed by atoms with Crippen LogP contribution < -0.4 is 5.32 Å². The first-order valence-corrected chi connectivity index (χ1v) is 7.10. The second-order valence-electron chi connectivity index (χ2n) is 4.47. The quantitative estimate of drug-likeness (QED) is 0.643. The number of rotatable bonds is 5. The fourth-order valence-corrected chi connectivity index (χ4v) is 2.36. The van der Waals surface area contributed by atoms with Gasteiger partial charge in [-0.3, -0.25) is 4.79 Å². The summed E-state index contributed by atoms with van der Waals surface area (Å²) in [5.74, 6) is 0.112. The number of amides is 1. The molecule has 0 unspecified atom stereocenters. The van der Waals surface area contributed by atoms with Crippen molar-refractivity contribution in [1.82, 2.24) is 0 Å². The lowest BCUT2D eigenvalue weighted by molar-refractivity contribution is -0.116. The summed E-state index contributed by atoms with van der Waals surface area (Å²) in [6.07, 6.45) is 2.57. The van der Waals surface area contributed by atoms with Crippen molar-refractivity contribution in [2.75, 3.05) is 10.6 Å². The summed E-state index contributed by atoms with van der Waals surface area (Å²) in [6.45, 7) is 6.14. The van der Waals surface area contributed by atoms with E-state index in [1.807, 2.05) is 13.8 Å². The number of benzene rings is 1. The average molecular weight is 298 g/mol. The van der Waals surface area contributed by atoms with E-state index in [2.05, 4.69) is 40.3 Å². The molecule has 2 nitrogen and oxygen atoms in total. The third-order valence-electron chi connectivity index (χ3n) is 2.73. The van der Waals surface area contributed by atoms with E-state index in [9.17, 15) is 4.79 Å². The second kappa shape index (κ2) is 6.80. The van der Waals surface area contributed by atoms with Gasteiger partial charge in [-0.2, -0.15) is 0 Å². The summed E-state index contributed by atoms with van der Waals surface area (Å²) in [7, 11) is 0. The highest BCUT2D eigenvalue weighted by atomic mass is 79.9. The van der Waals surface area contributed by atoms with Crippen molar-refractivity contribution in [3.63, 3.8) is 0 Å². The highest BCUT2D eigenvalue weighted by molar-refractivity contribution is 9.09. The van der Waals surface area contributed by atoms with Gasteiger partial charge in [0.05, 0.1) is 0 Å². The number of hydrogen-bond donors (Lipinski definition) is 1. The van der Waals surface area contributed by atoms with Crippen LogP contribution in [0.25, 0.3) is 0 Å². The van der Waals surface area contributed by atoms with Gasteiger partial charge in [-0.1, -0.05) is 33.6 Å². The van der Waals surface area contributed by atoms with Gasteiger partial charge < -0.3 is 5.32 Å². The molecule has 0 fully saturated rings. The van der Waals surface area contributed by atoms with Crippen molar-refractivity contribution in [3.8, 4) is 0 Å². The van der Waals surface area contributed by atoms with Crippen molar-refractivity contribution < 1.29 is 4.79 Å². The van der Waals surface area contributed by atoms with Crippen LogP contribution in [0.3, 0.4) is 0 Å². The van der Waals surface area contributed by atoms with Crippen molar-refractivity contribution in [2.45, 2.75) is 40.0 Å². The van der Waals surface area contributed by atoms with E-state index in [1.165, 1.54) is 5.56 Å². The van der Waals surface area contributed by atoms with Crippen LogP contribution in [0, 0.1) is 20.8 Å².